The molecule has 1 aliphatic rings. The Morgan fingerprint density at radius 2 is 2.40 bits per heavy atom. The number of thiol groups is 1. The van der Waals surface area contributed by atoms with Crippen LogP contribution in [0.5, 0.6) is 0 Å². The SMILES string of the molecule is SC1Cc2cccnc2C1. The van der Waals surface area contributed by atoms with E-state index in [0.29, 0.717) is 5.25 Å². The molecule has 0 amide bonds. The molecule has 1 aliphatic carbocycles. The highest BCUT2D eigenvalue weighted by Crippen LogP contribution is 2.22. The second-order valence-electron chi connectivity index (χ2n) is 2.67. The van der Waals surface area contributed by atoms with E-state index in [2.05, 4.69) is 23.7 Å². The maximum atomic E-state index is 4.40. The topological polar surface area (TPSA) is 12.9 Å². The number of hydrogen-bond acceptors (Lipinski definition) is 2. The minimum absolute atomic E-state index is 0.505. The van der Waals surface area contributed by atoms with Gasteiger partial charge in [0.25, 0.3) is 0 Å². The molecule has 52 valence electrons. The van der Waals surface area contributed by atoms with E-state index >= 15 is 0 Å². The quantitative estimate of drug-likeness (QED) is 0.554. The molecule has 1 aromatic rings. The fourth-order valence-electron chi connectivity index (χ4n) is 1.39. The molecular formula is C8H9NS. The predicted octanol–water partition coefficient (Wildman–Crippen LogP) is 1.48. The van der Waals surface area contributed by atoms with Gasteiger partial charge in [-0.25, -0.2) is 0 Å². The van der Waals surface area contributed by atoms with E-state index in [1.807, 2.05) is 12.3 Å². The van der Waals surface area contributed by atoms with Crippen LogP contribution in [0.2, 0.25) is 0 Å². The van der Waals surface area contributed by atoms with Gasteiger partial charge >= 0.3 is 0 Å². The van der Waals surface area contributed by atoms with Gasteiger partial charge in [-0.1, -0.05) is 6.07 Å². The van der Waals surface area contributed by atoms with E-state index in [4.69, 9.17) is 0 Å². The van der Waals surface area contributed by atoms with Crippen LogP contribution < -0.4 is 0 Å². The van der Waals surface area contributed by atoms with Crippen molar-refractivity contribution in [2.24, 2.45) is 0 Å². The predicted molar refractivity (Wildman–Crippen MR) is 44.4 cm³/mol. The zero-order valence-electron chi connectivity index (χ0n) is 5.62. The van der Waals surface area contributed by atoms with Gasteiger partial charge in [0.1, 0.15) is 0 Å². The van der Waals surface area contributed by atoms with Crippen LogP contribution in [-0.2, 0) is 12.8 Å². The van der Waals surface area contributed by atoms with Gasteiger partial charge in [-0.05, 0) is 18.1 Å². The van der Waals surface area contributed by atoms with Crippen molar-refractivity contribution in [3.05, 3.63) is 29.6 Å². The van der Waals surface area contributed by atoms with Crippen molar-refractivity contribution in [1.29, 1.82) is 0 Å². The lowest BCUT2D eigenvalue weighted by molar-refractivity contribution is 0.929. The van der Waals surface area contributed by atoms with Crippen molar-refractivity contribution < 1.29 is 0 Å². The van der Waals surface area contributed by atoms with Gasteiger partial charge < -0.3 is 0 Å². The standard InChI is InChI=1S/C8H9NS/c10-7-4-6-2-1-3-9-8(6)5-7/h1-3,7,10H,4-5H2. The zero-order valence-corrected chi connectivity index (χ0v) is 6.51. The number of fused-ring (bicyclic) bond motifs is 1. The first-order valence-corrected chi connectivity index (χ1v) is 3.99. The molecule has 0 fully saturated rings. The fraction of sp³-hybridized carbons (Fsp3) is 0.375. The first-order chi connectivity index (χ1) is 4.86. The minimum atomic E-state index is 0.505. The summed E-state index contributed by atoms with van der Waals surface area (Å²) in [6.07, 6.45) is 3.98. The molecule has 0 spiro atoms. The molecule has 1 heterocycles. The Bertz CT molecular complexity index is 222. The van der Waals surface area contributed by atoms with E-state index in [-0.39, 0.29) is 0 Å². The van der Waals surface area contributed by atoms with Crippen LogP contribution in [0.4, 0.5) is 0 Å². The summed E-state index contributed by atoms with van der Waals surface area (Å²) in [5.41, 5.74) is 2.62. The van der Waals surface area contributed by atoms with Crippen LogP contribution in [0.25, 0.3) is 0 Å². The average molecular weight is 151 g/mol. The lowest BCUT2D eigenvalue weighted by Gasteiger charge is -1.92. The van der Waals surface area contributed by atoms with Crippen molar-refractivity contribution in [2.45, 2.75) is 18.1 Å². The van der Waals surface area contributed by atoms with E-state index < -0.39 is 0 Å². The van der Waals surface area contributed by atoms with Crippen molar-refractivity contribution in [1.82, 2.24) is 4.98 Å². The van der Waals surface area contributed by atoms with E-state index in [1.165, 1.54) is 11.3 Å². The first kappa shape index (κ1) is 6.23. The van der Waals surface area contributed by atoms with Crippen molar-refractivity contribution in [2.75, 3.05) is 0 Å². The molecule has 10 heavy (non-hydrogen) atoms. The Labute approximate surface area is 65.9 Å². The second kappa shape index (κ2) is 2.27. The second-order valence-corrected chi connectivity index (χ2v) is 3.40. The number of rotatable bonds is 0. The third-order valence-electron chi connectivity index (χ3n) is 1.87. The van der Waals surface area contributed by atoms with Crippen LogP contribution in [0.15, 0.2) is 18.3 Å². The molecule has 0 saturated carbocycles. The molecule has 2 heteroatoms. The zero-order chi connectivity index (χ0) is 6.97. The van der Waals surface area contributed by atoms with Crippen LogP contribution in [-0.4, -0.2) is 10.2 Å². The summed E-state index contributed by atoms with van der Waals surface area (Å²) in [5, 5.41) is 0.505. The largest absolute Gasteiger partial charge is 0.261 e. The highest BCUT2D eigenvalue weighted by molar-refractivity contribution is 7.81. The van der Waals surface area contributed by atoms with Gasteiger partial charge in [0, 0.05) is 23.6 Å². The molecule has 1 atom stereocenters. The number of pyridine rings is 1. The monoisotopic (exact) mass is 151 g/mol. The summed E-state index contributed by atoms with van der Waals surface area (Å²) < 4.78 is 0. The minimum Gasteiger partial charge on any atom is -0.261 e. The summed E-state index contributed by atoms with van der Waals surface area (Å²) in [6, 6.07) is 4.13. The third kappa shape index (κ3) is 0.926. The van der Waals surface area contributed by atoms with Crippen LogP contribution >= 0.6 is 12.6 Å². The lowest BCUT2D eigenvalue weighted by atomic mass is 10.2. The maximum absolute atomic E-state index is 4.40. The summed E-state index contributed by atoms with van der Waals surface area (Å²) in [6.45, 7) is 0. The highest BCUT2D eigenvalue weighted by Gasteiger charge is 2.17. The number of hydrogen-bond donors (Lipinski definition) is 1. The Balaban J connectivity index is 2.42. The Kier molecular flexibility index (Phi) is 1.42. The smallest absolute Gasteiger partial charge is 0.0446 e. The van der Waals surface area contributed by atoms with E-state index in [0.717, 1.165) is 12.8 Å². The maximum Gasteiger partial charge on any atom is 0.0446 e. The van der Waals surface area contributed by atoms with Gasteiger partial charge in [-0.2, -0.15) is 12.6 Å². The van der Waals surface area contributed by atoms with Gasteiger partial charge in [0.2, 0.25) is 0 Å². The highest BCUT2D eigenvalue weighted by atomic mass is 32.1. The molecule has 0 saturated heterocycles. The number of aromatic nitrogens is 1. The van der Waals surface area contributed by atoms with E-state index in [9.17, 15) is 0 Å². The van der Waals surface area contributed by atoms with Crippen LogP contribution in [0, 0.1) is 0 Å². The molecule has 0 N–H and O–H groups in total. The van der Waals surface area contributed by atoms with Crippen molar-refractivity contribution in [3.63, 3.8) is 0 Å². The number of nitrogens with zero attached hydrogens (tertiary/aromatic N) is 1. The summed E-state index contributed by atoms with van der Waals surface area (Å²) in [5.74, 6) is 0. The third-order valence-corrected chi connectivity index (χ3v) is 2.23. The van der Waals surface area contributed by atoms with E-state index in [1.54, 1.807) is 0 Å². The molecule has 2 rings (SSSR count). The Hall–Kier alpha value is -0.500. The van der Waals surface area contributed by atoms with Gasteiger partial charge in [0.05, 0.1) is 0 Å². The molecule has 1 unspecified atom stereocenters. The van der Waals surface area contributed by atoms with Gasteiger partial charge in [0.15, 0.2) is 0 Å². The molecule has 1 nitrogen and oxygen atoms in total. The summed E-state index contributed by atoms with van der Waals surface area (Å²) in [7, 11) is 0. The molecule has 0 aromatic carbocycles. The van der Waals surface area contributed by atoms with Crippen LogP contribution in [0.3, 0.4) is 0 Å². The molecule has 0 bridgehead atoms. The summed E-state index contributed by atoms with van der Waals surface area (Å²) in [4.78, 5) is 4.26. The first-order valence-electron chi connectivity index (χ1n) is 3.47. The fourth-order valence-corrected chi connectivity index (χ4v) is 1.76. The van der Waals surface area contributed by atoms with Gasteiger partial charge in [-0.15, -0.1) is 0 Å². The summed E-state index contributed by atoms with van der Waals surface area (Å²) >= 11 is 4.40. The average Bonchev–Trinajstić information content (AvgIpc) is 2.27. The Morgan fingerprint density at radius 3 is 3.20 bits per heavy atom. The normalized spacial score (nSPS) is 22.7. The molecular weight excluding hydrogens is 142 g/mol. The lowest BCUT2D eigenvalue weighted by Crippen LogP contribution is -1.94. The van der Waals surface area contributed by atoms with Gasteiger partial charge in [-0.3, -0.25) is 4.98 Å². The molecule has 1 aromatic heterocycles. The Morgan fingerprint density at radius 1 is 1.50 bits per heavy atom. The van der Waals surface area contributed by atoms with Crippen molar-refractivity contribution >= 4 is 12.6 Å². The van der Waals surface area contributed by atoms with Crippen LogP contribution in [0.1, 0.15) is 11.3 Å². The van der Waals surface area contributed by atoms with Crippen molar-refractivity contribution in [3.8, 4) is 0 Å². The molecule has 0 aliphatic heterocycles. The molecule has 0 radical (unpaired) electrons.